The van der Waals surface area contributed by atoms with Crippen molar-refractivity contribution in [1.82, 2.24) is 5.32 Å². The molecule has 0 bridgehead atoms. The summed E-state index contributed by atoms with van der Waals surface area (Å²) in [6.45, 7) is 4.61. The van der Waals surface area contributed by atoms with Gasteiger partial charge in [-0.05, 0) is 38.8 Å². The Hall–Kier alpha value is -1.35. The normalized spacial score (nSPS) is 16.5. The molecule has 0 heterocycles. The Morgan fingerprint density at radius 3 is 2.53 bits per heavy atom. The van der Waals surface area contributed by atoms with Crippen molar-refractivity contribution >= 4 is 5.97 Å². The van der Waals surface area contributed by atoms with Crippen LogP contribution in [0.25, 0.3) is 0 Å². The van der Waals surface area contributed by atoms with Crippen molar-refractivity contribution in [2.75, 3.05) is 6.54 Å². The first-order valence-electron chi connectivity index (χ1n) is 7.09. The van der Waals surface area contributed by atoms with Crippen molar-refractivity contribution in [2.45, 2.75) is 51.2 Å². The predicted octanol–water partition coefficient (Wildman–Crippen LogP) is 3.15. The Morgan fingerprint density at radius 2 is 1.89 bits per heavy atom. The van der Waals surface area contributed by atoms with Crippen LogP contribution in [0.3, 0.4) is 0 Å². The molecule has 1 N–H and O–H groups in total. The number of ether oxygens (including phenoxy) is 1. The van der Waals surface area contributed by atoms with E-state index in [0.29, 0.717) is 18.2 Å². The number of rotatable bonds is 5. The first kappa shape index (κ1) is 14.1. The van der Waals surface area contributed by atoms with Crippen LogP contribution in [-0.4, -0.2) is 24.2 Å². The number of esters is 1. The van der Waals surface area contributed by atoms with Gasteiger partial charge in [-0.1, -0.05) is 31.0 Å². The highest BCUT2D eigenvalue weighted by atomic mass is 16.6. The second-order valence-corrected chi connectivity index (χ2v) is 5.88. The molecule has 104 valence electrons. The maximum absolute atomic E-state index is 12.0. The van der Waals surface area contributed by atoms with Crippen LogP contribution in [0.2, 0.25) is 0 Å². The van der Waals surface area contributed by atoms with Gasteiger partial charge in [-0.2, -0.15) is 0 Å². The van der Waals surface area contributed by atoms with Crippen LogP contribution in [0.15, 0.2) is 30.3 Å². The smallest absolute Gasteiger partial charge is 0.338 e. The lowest BCUT2D eigenvalue weighted by Gasteiger charge is -2.27. The molecular weight excluding hydrogens is 238 g/mol. The van der Waals surface area contributed by atoms with Crippen molar-refractivity contribution in [2.24, 2.45) is 0 Å². The van der Waals surface area contributed by atoms with Gasteiger partial charge in [0.25, 0.3) is 0 Å². The van der Waals surface area contributed by atoms with Crippen molar-refractivity contribution in [3.63, 3.8) is 0 Å². The van der Waals surface area contributed by atoms with E-state index in [0.717, 1.165) is 0 Å². The summed E-state index contributed by atoms with van der Waals surface area (Å²) >= 11 is 0. The van der Waals surface area contributed by atoms with Crippen LogP contribution in [0.1, 0.15) is 49.9 Å². The van der Waals surface area contributed by atoms with E-state index in [2.05, 4.69) is 5.32 Å². The number of carbonyl (C=O) groups is 1. The molecule has 1 aliphatic carbocycles. The summed E-state index contributed by atoms with van der Waals surface area (Å²) in [5.74, 6) is -0.251. The fraction of sp³-hybridized carbons (Fsp3) is 0.562. The fourth-order valence-electron chi connectivity index (χ4n) is 2.44. The van der Waals surface area contributed by atoms with Gasteiger partial charge in [0.1, 0.15) is 5.60 Å². The van der Waals surface area contributed by atoms with Crippen LogP contribution < -0.4 is 5.32 Å². The van der Waals surface area contributed by atoms with Crippen LogP contribution in [0.5, 0.6) is 0 Å². The maximum atomic E-state index is 12.0. The third kappa shape index (κ3) is 4.35. The highest BCUT2D eigenvalue weighted by Crippen LogP contribution is 2.19. The van der Waals surface area contributed by atoms with Crippen molar-refractivity contribution in [3.05, 3.63) is 35.9 Å². The van der Waals surface area contributed by atoms with Gasteiger partial charge in [-0.25, -0.2) is 4.79 Å². The average molecular weight is 261 g/mol. The molecule has 0 spiro atoms. The molecule has 19 heavy (non-hydrogen) atoms. The van der Waals surface area contributed by atoms with Crippen molar-refractivity contribution in [1.29, 1.82) is 0 Å². The van der Waals surface area contributed by atoms with Crippen LogP contribution >= 0.6 is 0 Å². The second-order valence-electron chi connectivity index (χ2n) is 5.88. The molecule has 0 unspecified atom stereocenters. The van der Waals surface area contributed by atoms with Crippen LogP contribution in [0.4, 0.5) is 0 Å². The lowest BCUT2D eigenvalue weighted by Crippen LogP contribution is -2.42. The Bertz CT molecular complexity index is 408. The first-order chi connectivity index (χ1) is 9.07. The quantitative estimate of drug-likeness (QED) is 0.827. The molecular formula is C16H23NO2. The number of carbonyl (C=O) groups excluding carboxylic acids is 1. The molecule has 0 aliphatic heterocycles. The first-order valence-corrected chi connectivity index (χ1v) is 7.09. The Labute approximate surface area is 115 Å². The SMILES string of the molecule is CC(C)(CNC1CCCC1)OC(=O)c1ccccc1. The third-order valence-corrected chi connectivity index (χ3v) is 3.55. The lowest BCUT2D eigenvalue weighted by atomic mass is 10.1. The molecule has 1 fully saturated rings. The molecule has 1 aliphatic rings. The van der Waals surface area contributed by atoms with E-state index < -0.39 is 5.60 Å². The third-order valence-electron chi connectivity index (χ3n) is 3.55. The lowest BCUT2D eigenvalue weighted by molar-refractivity contribution is -0.00143. The summed E-state index contributed by atoms with van der Waals surface area (Å²) in [7, 11) is 0. The fourth-order valence-corrected chi connectivity index (χ4v) is 2.44. The van der Waals surface area contributed by atoms with E-state index >= 15 is 0 Å². The molecule has 3 heteroatoms. The van der Waals surface area contributed by atoms with E-state index in [1.807, 2.05) is 32.0 Å². The van der Waals surface area contributed by atoms with Gasteiger partial charge < -0.3 is 10.1 Å². The molecule has 1 aromatic rings. The number of benzene rings is 1. The minimum Gasteiger partial charge on any atom is -0.455 e. The van der Waals surface area contributed by atoms with Gasteiger partial charge in [0.05, 0.1) is 5.56 Å². The summed E-state index contributed by atoms with van der Waals surface area (Å²) in [5, 5.41) is 3.50. The van der Waals surface area contributed by atoms with Gasteiger partial charge >= 0.3 is 5.97 Å². The van der Waals surface area contributed by atoms with E-state index in [1.165, 1.54) is 25.7 Å². The molecule has 0 saturated heterocycles. The largest absolute Gasteiger partial charge is 0.455 e. The highest BCUT2D eigenvalue weighted by Gasteiger charge is 2.25. The molecule has 1 aromatic carbocycles. The van der Waals surface area contributed by atoms with Gasteiger partial charge in [0, 0.05) is 12.6 Å². The summed E-state index contributed by atoms with van der Waals surface area (Å²) < 4.78 is 5.58. The minimum atomic E-state index is -0.477. The topological polar surface area (TPSA) is 38.3 Å². The molecule has 2 rings (SSSR count). The molecule has 0 aromatic heterocycles. The van der Waals surface area contributed by atoms with Gasteiger partial charge in [-0.3, -0.25) is 0 Å². The number of nitrogens with one attached hydrogen (secondary N) is 1. The van der Waals surface area contributed by atoms with Crippen LogP contribution in [0, 0.1) is 0 Å². The monoisotopic (exact) mass is 261 g/mol. The Kier molecular flexibility index (Phi) is 4.59. The molecule has 1 saturated carbocycles. The second kappa shape index (κ2) is 6.20. The zero-order valence-corrected chi connectivity index (χ0v) is 11.8. The molecule has 0 amide bonds. The summed E-state index contributed by atoms with van der Waals surface area (Å²) in [4.78, 5) is 12.0. The summed E-state index contributed by atoms with van der Waals surface area (Å²) in [6, 6.07) is 9.74. The van der Waals surface area contributed by atoms with Gasteiger partial charge in [-0.15, -0.1) is 0 Å². The standard InChI is InChI=1S/C16H23NO2/c1-16(2,12-17-14-10-6-7-11-14)19-15(18)13-8-4-3-5-9-13/h3-5,8-9,14,17H,6-7,10-12H2,1-2H3. The summed E-state index contributed by atoms with van der Waals surface area (Å²) in [5.41, 5.74) is 0.131. The molecule has 3 nitrogen and oxygen atoms in total. The van der Waals surface area contributed by atoms with E-state index in [1.54, 1.807) is 12.1 Å². The van der Waals surface area contributed by atoms with Crippen molar-refractivity contribution < 1.29 is 9.53 Å². The predicted molar refractivity (Wildman–Crippen MR) is 76.2 cm³/mol. The van der Waals surface area contributed by atoms with Crippen LogP contribution in [-0.2, 0) is 4.74 Å². The van der Waals surface area contributed by atoms with Gasteiger partial charge in [0.2, 0.25) is 0 Å². The Morgan fingerprint density at radius 1 is 1.26 bits per heavy atom. The van der Waals surface area contributed by atoms with Gasteiger partial charge in [0.15, 0.2) is 0 Å². The van der Waals surface area contributed by atoms with E-state index in [-0.39, 0.29) is 5.97 Å². The zero-order valence-electron chi connectivity index (χ0n) is 11.8. The molecule has 0 radical (unpaired) electrons. The highest BCUT2D eigenvalue weighted by molar-refractivity contribution is 5.89. The number of hydrogen-bond acceptors (Lipinski definition) is 3. The maximum Gasteiger partial charge on any atom is 0.338 e. The minimum absolute atomic E-state index is 0.251. The Balaban J connectivity index is 1.84. The van der Waals surface area contributed by atoms with E-state index in [9.17, 15) is 4.79 Å². The molecule has 0 atom stereocenters. The van der Waals surface area contributed by atoms with E-state index in [4.69, 9.17) is 4.74 Å². The van der Waals surface area contributed by atoms with Crippen molar-refractivity contribution in [3.8, 4) is 0 Å². The number of hydrogen-bond donors (Lipinski definition) is 1. The average Bonchev–Trinajstić information content (AvgIpc) is 2.90. The summed E-state index contributed by atoms with van der Waals surface area (Å²) in [6.07, 6.45) is 5.09. The zero-order chi connectivity index (χ0) is 13.7.